The number of hydrogen-bond donors (Lipinski definition) is 0. The van der Waals surface area contributed by atoms with E-state index in [9.17, 15) is 4.39 Å². The molecule has 0 aliphatic heterocycles. The van der Waals surface area contributed by atoms with Crippen LogP contribution in [-0.2, 0) is 5.88 Å². The van der Waals surface area contributed by atoms with E-state index in [0.717, 1.165) is 5.56 Å². The minimum atomic E-state index is -0.372. The number of halogens is 3. The average Bonchev–Trinajstić information content (AvgIpc) is 2.28. The number of aromatic nitrogens is 1. The summed E-state index contributed by atoms with van der Waals surface area (Å²) in [6, 6.07) is 7.82. The fourth-order valence-electron chi connectivity index (χ4n) is 1.30. The molecule has 88 valence electrons. The minimum absolute atomic E-state index is 0.372. The van der Waals surface area contributed by atoms with Gasteiger partial charge in [-0.3, -0.25) is 0 Å². The lowest BCUT2D eigenvalue weighted by Gasteiger charge is -2.06. The summed E-state index contributed by atoms with van der Waals surface area (Å²) in [5, 5.41) is 0. The zero-order valence-electron chi connectivity index (χ0n) is 8.66. The van der Waals surface area contributed by atoms with Crippen LogP contribution < -0.4 is 4.74 Å². The SMILES string of the molecule is Fc1cc(Br)cc(Oc2cc(CCl)ccn2)c1. The van der Waals surface area contributed by atoms with Crippen molar-refractivity contribution in [3.63, 3.8) is 0 Å². The quantitative estimate of drug-likeness (QED) is 0.777. The molecule has 1 heterocycles. The van der Waals surface area contributed by atoms with Gasteiger partial charge < -0.3 is 4.74 Å². The summed E-state index contributed by atoms with van der Waals surface area (Å²) in [6.07, 6.45) is 1.60. The Bertz CT molecular complexity index is 515. The zero-order chi connectivity index (χ0) is 12.3. The van der Waals surface area contributed by atoms with E-state index in [-0.39, 0.29) is 5.82 Å². The van der Waals surface area contributed by atoms with Crippen molar-refractivity contribution in [1.82, 2.24) is 4.98 Å². The summed E-state index contributed by atoms with van der Waals surface area (Å²) >= 11 is 8.89. The van der Waals surface area contributed by atoms with Crippen LogP contribution in [-0.4, -0.2) is 4.98 Å². The fourth-order valence-corrected chi connectivity index (χ4v) is 1.91. The molecular weight excluding hydrogens is 308 g/mol. The molecule has 0 fully saturated rings. The topological polar surface area (TPSA) is 22.1 Å². The van der Waals surface area contributed by atoms with Crippen molar-refractivity contribution in [2.75, 3.05) is 0 Å². The van der Waals surface area contributed by atoms with Gasteiger partial charge in [0.05, 0.1) is 0 Å². The molecule has 0 saturated carbocycles. The highest BCUT2D eigenvalue weighted by atomic mass is 79.9. The first kappa shape index (κ1) is 12.3. The summed E-state index contributed by atoms with van der Waals surface area (Å²) in [7, 11) is 0. The second kappa shape index (κ2) is 5.47. The number of alkyl halides is 1. The van der Waals surface area contributed by atoms with Crippen LogP contribution in [0.15, 0.2) is 41.0 Å². The standard InChI is InChI=1S/C12H8BrClFNO/c13-9-4-10(15)6-11(5-9)17-12-3-8(7-14)1-2-16-12/h1-6H,7H2. The Morgan fingerprint density at radius 2 is 2.12 bits per heavy atom. The lowest BCUT2D eigenvalue weighted by molar-refractivity contribution is 0.457. The third-order valence-electron chi connectivity index (χ3n) is 2.01. The van der Waals surface area contributed by atoms with Gasteiger partial charge >= 0.3 is 0 Å². The summed E-state index contributed by atoms with van der Waals surface area (Å²) in [4.78, 5) is 4.02. The molecule has 0 aliphatic rings. The second-order valence-corrected chi connectivity index (χ2v) is 4.53. The van der Waals surface area contributed by atoms with Crippen molar-refractivity contribution >= 4 is 27.5 Å². The van der Waals surface area contributed by atoms with Crippen molar-refractivity contribution in [3.05, 3.63) is 52.4 Å². The third-order valence-corrected chi connectivity index (χ3v) is 2.78. The first-order chi connectivity index (χ1) is 8.17. The maximum atomic E-state index is 13.1. The Kier molecular flexibility index (Phi) is 3.97. The lowest BCUT2D eigenvalue weighted by atomic mass is 10.3. The van der Waals surface area contributed by atoms with Gasteiger partial charge in [-0.05, 0) is 23.8 Å². The van der Waals surface area contributed by atoms with Crippen LogP contribution in [0.3, 0.4) is 0 Å². The first-order valence-electron chi connectivity index (χ1n) is 4.82. The predicted octanol–water partition coefficient (Wildman–Crippen LogP) is 4.51. The van der Waals surface area contributed by atoms with Gasteiger partial charge in [0.15, 0.2) is 0 Å². The molecule has 0 atom stereocenters. The highest BCUT2D eigenvalue weighted by molar-refractivity contribution is 9.10. The molecule has 5 heteroatoms. The van der Waals surface area contributed by atoms with E-state index in [2.05, 4.69) is 20.9 Å². The Labute approximate surface area is 112 Å². The molecule has 2 nitrogen and oxygen atoms in total. The van der Waals surface area contributed by atoms with E-state index >= 15 is 0 Å². The normalized spacial score (nSPS) is 10.3. The Hall–Kier alpha value is -1.13. The molecule has 2 aromatic rings. The van der Waals surface area contributed by atoms with E-state index in [1.165, 1.54) is 12.1 Å². The molecule has 1 aromatic carbocycles. The molecule has 0 saturated heterocycles. The van der Waals surface area contributed by atoms with Crippen LogP contribution in [0, 0.1) is 5.82 Å². The molecular formula is C12H8BrClFNO. The van der Waals surface area contributed by atoms with Crippen molar-refractivity contribution < 1.29 is 9.13 Å². The fraction of sp³-hybridized carbons (Fsp3) is 0.0833. The van der Waals surface area contributed by atoms with E-state index in [1.807, 2.05) is 0 Å². The van der Waals surface area contributed by atoms with Crippen LogP contribution in [0.2, 0.25) is 0 Å². The van der Waals surface area contributed by atoms with Gasteiger partial charge in [-0.15, -0.1) is 11.6 Å². The molecule has 2 rings (SSSR count). The van der Waals surface area contributed by atoms with Crippen LogP contribution >= 0.6 is 27.5 Å². The van der Waals surface area contributed by atoms with E-state index in [4.69, 9.17) is 16.3 Å². The van der Waals surface area contributed by atoms with Crippen LogP contribution in [0.5, 0.6) is 11.6 Å². The summed E-state index contributed by atoms with van der Waals surface area (Å²) in [5.41, 5.74) is 0.895. The molecule has 17 heavy (non-hydrogen) atoms. The molecule has 0 unspecified atom stereocenters. The average molecular weight is 317 g/mol. The van der Waals surface area contributed by atoms with Gasteiger partial charge in [0.25, 0.3) is 0 Å². The van der Waals surface area contributed by atoms with Crippen LogP contribution in [0.1, 0.15) is 5.56 Å². The van der Waals surface area contributed by atoms with Gasteiger partial charge in [-0.2, -0.15) is 0 Å². The highest BCUT2D eigenvalue weighted by Gasteiger charge is 2.03. The molecule has 0 spiro atoms. The molecule has 0 aliphatic carbocycles. The first-order valence-corrected chi connectivity index (χ1v) is 6.15. The smallest absolute Gasteiger partial charge is 0.219 e. The van der Waals surface area contributed by atoms with Crippen molar-refractivity contribution in [1.29, 1.82) is 0 Å². The predicted molar refractivity (Wildman–Crippen MR) is 68.0 cm³/mol. The number of benzene rings is 1. The van der Waals surface area contributed by atoms with Crippen molar-refractivity contribution in [3.8, 4) is 11.6 Å². The van der Waals surface area contributed by atoms with E-state index in [0.29, 0.717) is 22.0 Å². The van der Waals surface area contributed by atoms with Gasteiger partial charge in [0.2, 0.25) is 5.88 Å². The largest absolute Gasteiger partial charge is 0.439 e. The summed E-state index contributed by atoms with van der Waals surface area (Å²) in [5.74, 6) is 0.783. The van der Waals surface area contributed by atoms with Crippen molar-refractivity contribution in [2.24, 2.45) is 0 Å². The second-order valence-electron chi connectivity index (χ2n) is 3.34. The molecule has 0 N–H and O–H groups in total. The molecule has 0 bridgehead atoms. The number of nitrogens with zero attached hydrogens (tertiary/aromatic N) is 1. The Morgan fingerprint density at radius 3 is 2.82 bits per heavy atom. The van der Waals surface area contributed by atoms with Gasteiger partial charge in [-0.25, -0.2) is 9.37 Å². The summed E-state index contributed by atoms with van der Waals surface area (Å²) in [6.45, 7) is 0. The van der Waals surface area contributed by atoms with Crippen LogP contribution in [0.25, 0.3) is 0 Å². The van der Waals surface area contributed by atoms with Gasteiger partial charge in [-0.1, -0.05) is 15.9 Å². The highest BCUT2D eigenvalue weighted by Crippen LogP contribution is 2.25. The molecule has 1 aromatic heterocycles. The van der Waals surface area contributed by atoms with Gasteiger partial charge in [0.1, 0.15) is 11.6 Å². The third kappa shape index (κ3) is 3.41. The van der Waals surface area contributed by atoms with Crippen molar-refractivity contribution in [2.45, 2.75) is 5.88 Å². The summed E-state index contributed by atoms with van der Waals surface area (Å²) < 4.78 is 19.2. The zero-order valence-corrected chi connectivity index (χ0v) is 11.0. The number of hydrogen-bond acceptors (Lipinski definition) is 2. The van der Waals surface area contributed by atoms with E-state index in [1.54, 1.807) is 24.4 Å². The minimum Gasteiger partial charge on any atom is -0.439 e. The number of pyridine rings is 1. The molecule has 0 radical (unpaired) electrons. The van der Waals surface area contributed by atoms with Crippen LogP contribution in [0.4, 0.5) is 4.39 Å². The monoisotopic (exact) mass is 315 g/mol. The maximum absolute atomic E-state index is 13.1. The Balaban J connectivity index is 2.24. The van der Waals surface area contributed by atoms with E-state index < -0.39 is 0 Å². The van der Waals surface area contributed by atoms with Gasteiger partial charge in [0, 0.05) is 28.7 Å². The number of ether oxygens (including phenoxy) is 1. The lowest BCUT2D eigenvalue weighted by Crippen LogP contribution is -1.90. The number of rotatable bonds is 3. The molecule has 0 amide bonds. The Morgan fingerprint density at radius 1 is 1.29 bits per heavy atom. The maximum Gasteiger partial charge on any atom is 0.219 e.